The van der Waals surface area contributed by atoms with Crippen molar-refractivity contribution in [3.05, 3.63) is 71.4 Å². The van der Waals surface area contributed by atoms with Crippen LogP contribution in [0.25, 0.3) is 0 Å². The Morgan fingerprint density at radius 2 is 1.58 bits per heavy atom. The third-order valence-electron chi connectivity index (χ3n) is 4.65. The van der Waals surface area contributed by atoms with Crippen LogP contribution in [0.5, 0.6) is 0 Å². The molecule has 0 fully saturated rings. The van der Waals surface area contributed by atoms with Gasteiger partial charge in [-0.05, 0) is 54.8 Å². The molecule has 160 valence electrons. The molecule has 0 unspecified atom stereocenters. The molecule has 0 aliphatic heterocycles. The number of nitriles is 1. The lowest BCUT2D eigenvalue weighted by Gasteiger charge is -2.15. The number of aryl methyl sites for hydroxylation is 1. The van der Waals surface area contributed by atoms with Crippen LogP contribution in [0.2, 0.25) is 0 Å². The number of unbranched alkanes of at least 4 members (excludes halogenated alkanes) is 2. The number of benzene rings is 2. The van der Waals surface area contributed by atoms with E-state index in [4.69, 9.17) is 5.26 Å². The van der Waals surface area contributed by atoms with Gasteiger partial charge in [-0.1, -0.05) is 31.9 Å². The predicted octanol–water partition coefficient (Wildman–Crippen LogP) is 6.59. The van der Waals surface area contributed by atoms with Crippen LogP contribution in [-0.4, -0.2) is 9.97 Å². The Hall–Kier alpha value is -3.60. The topological polar surface area (TPSA) is 73.6 Å². The summed E-state index contributed by atoms with van der Waals surface area (Å²) >= 11 is 0. The van der Waals surface area contributed by atoms with Crippen molar-refractivity contribution in [3.63, 3.8) is 0 Å². The van der Waals surface area contributed by atoms with E-state index in [1.54, 1.807) is 0 Å². The first-order valence-corrected chi connectivity index (χ1v) is 9.96. The minimum atomic E-state index is -4.62. The highest BCUT2D eigenvalue weighted by Crippen LogP contribution is 2.35. The Balaban J connectivity index is 1.80. The first kappa shape index (κ1) is 22.1. The third kappa shape index (κ3) is 6.19. The number of rotatable bonds is 8. The summed E-state index contributed by atoms with van der Waals surface area (Å²) < 4.78 is 40.3. The van der Waals surface area contributed by atoms with Crippen molar-refractivity contribution in [3.8, 4) is 6.07 Å². The van der Waals surface area contributed by atoms with Crippen LogP contribution in [0, 0.1) is 11.3 Å². The summed E-state index contributed by atoms with van der Waals surface area (Å²) in [5.74, 6) is -0.325. The number of hydrogen-bond donors (Lipinski definition) is 2. The van der Waals surface area contributed by atoms with E-state index >= 15 is 0 Å². The highest BCUT2D eigenvalue weighted by molar-refractivity contribution is 5.63. The molecular weight excluding hydrogens is 403 g/mol. The molecule has 0 atom stereocenters. The minimum Gasteiger partial charge on any atom is -0.340 e. The first-order chi connectivity index (χ1) is 14.9. The number of aromatic nitrogens is 2. The zero-order valence-electron chi connectivity index (χ0n) is 17.0. The molecule has 2 aromatic carbocycles. The molecule has 31 heavy (non-hydrogen) atoms. The molecule has 8 heteroatoms. The summed E-state index contributed by atoms with van der Waals surface area (Å²) in [5.41, 5.74) is 1.70. The van der Waals surface area contributed by atoms with Crippen molar-refractivity contribution < 1.29 is 13.2 Å². The molecule has 1 aromatic heterocycles. The summed E-state index contributed by atoms with van der Waals surface area (Å²) in [6, 6.07) is 15.7. The average Bonchev–Trinajstić information content (AvgIpc) is 2.75. The van der Waals surface area contributed by atoms with Gasteiger partial charge in [0.25, 0.3) is 0 Å². The van der Waals surface area contributed by atoms with Gasteiger partial charge in [0.1, 0.15) is 11.4 Å². The van der Waals surface area contributed by atoms with Crippen LogP contribution < -0.4 is 10.6 Å². The third-order valence-corrected chi connectivity index (χ3v) is 4.65. The quantitative estimate of drug-likeness (QED) is 0.399. The van der Waals surface area contributed by atoms with Gasteiger partial charge in [0, 0.05) is 17.6 Å². The Bertz CT molecular complexity index is 1040. The monoisotopic (exact) mass is 425 g/mol. The molecule has 0 bridgehead atoms. The predicted molar refractivity (Wildman–Crippen MR) is 114 cm³/mol. The van der Waals surface area contributed by atoms with Crippen molar-refractivity contribution in [2.24, 2.45) is 0 Å². The van der Waals surface area contributed by atoms with E-state index in [9.17, 15) is 13.2 Å². The maximum absolute atomic E-state index is 13.4. The van der Waals surface area contributed by atoms with E-state index in [-0.39, 0.29) is 11.8 Å². The molecular formula is C23H22F3N5. The van der Waals surface area contributed by atoms with Gasteiger partial charge in [-0.25, -0.2) is 4.98 Å². The van der Waals surface area contributed by atoms with Crippen molar-refractivity contribution in [1.82, 2.24) is 9.97 Å². The summed E-state index contributed by atoms with van der Waals surface area (Å²) in [6.07, 6.45) is 0.575. The molecule has 2 N–H and O–H groups in total. The average molecular weight is 425 g/mol. The minimum absolute atomic E-state index is 0.0443. The Morgan fingerprint density at radius 3 is 2.19 bits per heavy atom. The second-order valence-corrected chi connectivity index (χ2v) is 7.05. The van der Waals surface area contributed by atoms with Crippen molar-refractivity contribution in [1.29, 1.82) is 5.26 Å². The van der Waals surface area contributed by atoms with Crippen LogP contribution >= 0.6 is 0 Å². The van der Waals surface area contributed by atoms with Gasteiger partial charge in [0.05, 0.1) is 11.6 Å². The molecule has 1 heterocycles. The van der Waals surface area contributed by atoms with E-state index in [0.717, 1.165) is 25.5 Å². The molecule has 0 amide bonds. The van der Waals surface area contributed by atoms with Gasteiger partial charge in [-0.2, -0.15) is 23.4 Å². The zero-order chi connectivity index (χ0) is 22.3. The molecule has 0 spiro atoms. The highest BCUT2D eigenvalue weighted by atomic mass is 19.4. The van der Waals surface area contributed by atoms with E-state index in [1.807, 2.05) is 30.3 Å². The number of anilines is 4. The Kier molecular flexibility index (Phi) is 7.08. The summed E-state index contributed by atoms with van der Waals surface area (Å²) in [4.78, 5) is 7.86. The largest absolute Gasteiger partial charge is 0.421 e. The number of nitrogens with one attached hydrogen (secondary N) is 2. The van der Waals surface area contributed by atoms with Crippen LogP contribution in [0.3, 0.4) is 0 Å². The van der Waals surface area contributed by atoms with Gasteiger partial charge >= 0.3 is 6.18 Å². The molecule has 0 saturated carbocycles. The van der Waals surface area contributed by atoms with Gasteiger partial charge < -0.3 is 10.6 Å². The lowest BCUT2D eigenvalue weighted by molar-refractivity contribution is -0.137. The van der Waals surface area contributed by atoms with Crippen molar-refractivity contribution in [2.75, 3.05) is 10.6 Å². The summed E-state index contributed by atoms with van der Waals surface area (Å²) in [6.45, 7) is 2.15. The highest BCUT2D eigenvalue weighted by Gasteiger charge is 2.35. The Labute approximate surface area is 179 Å². The molecule has 3 rings (SSSR count). The van der Waals surface area contributed by atoms with Crippen LogP contribution in [0.15, 0.2) is 54.7 Å². The standard InChI is InChI=1S/C23H22F3N5/c1-2-3-4-5-16-6-10-19(11-7-16)30-22-28-15-20(23(24,25)26)21(31-22)29-18-12-8-17(14-27)9-13-18/h6-13,15H,2-5H2,1H3,(H2,28,29,30,31). The maximum Gasteiger partial charge on any atom is 0.421 e. The van der Waals surface area contributed by atoms with Crippen LogP contribution in [0.1, 0.15) is 42.9 Å². The second kappa shape index (κ2) is 9.94. The molecule has 5 nitrogen and oxygen atoms in total. The number of halogens is 3. The molecule has 3 aromatic rings. The lowest BCUT2D eigenvalue weighted by atomic mass is 10.1. The molecule has 0 saturated heterocycles. The Morgan fingerprint density at radius 1 is 0.935 bits per heavy atom. The number of nitrogens with zero attached hydrogens (tertiary/aromatic N) is 3. The summed E-state index contributed by atoms with van der Waals surface area (Å²) in [5, 5.41) is 14.5. The zero-order valence-corrected chi connectivity index (χ0v) is 17.0. The normalized spacial score (nSPS) is 11.1. The second-order valence-electron chi connectivity index (χ2n) is 7.05. The van der Waals surface area contributed by atoms with Gasteiger partial charge in [-0.3, -0.25) is 0 Å². The fraction of sp³-hybridized carbons (Fsp3) is 0.261. The fourth-order valence-electron chi connectivity index (χ4n) is 2.97. The smallest absolute Gasteiger partial charge is 0.340 e. The van der Waals surface area contributed by atoms with E-state index in [0.29, 0.717) is 16.9 Å². The van der Waals surface area contributed by atoms with Crippen LogP contribution in [-0.2, 0) is 12.6 Å². The lowest BCUT2D eigenvalue weighted by Crippen LogP contribution is -2.12. The van der Waals surface area contributed by atoms with E-state index < -0.39 is 11.7 Å². The van der Waals surface area contributed by atoms with Gasteiger partial charge in [0.2, 0.25) is 5.95 Å². The molecule has 0 radical (unpaired) electrons. The summed E-state index contributed by atoms with van der Waals surface area (Å²) in [7, 11) is 0. The van der Waals surface area contributed by atoms with Crippen molar-refractivity contribution >= 4 is 23.1 Å². The molecule has 0 aliphatic carbocycles. The number of alkyl halides is 3. The van der Waals surface area contributed by atoms with Crippen molar-refractivity contribution in [2.45, 2.75) is 38.8 Å². The van der Waals surface area contributed by atoms with Crippen LogP contribution in [0.4, 0.5) is 36.3 Å². The fourth-order valence-corrected chi connectivity index (χ4v) is 2.97. The maximum atomic E-state index is 13.4. The number of hydrogen-bond acceptors (Lipinski definition) is 5. The SMILES string of the molecule is CCCCCc1ccc(Nc2ncc(C(F)(F)F)c(Nc3ccc(C#N)cc3)n2)cc1. The van der Waals surface area contributed by atoms with Gasteiger partial charge in [0.15, 0.2) is 0 Å². The molecule has 0 aliphatic rings. The van der Waals surface area contributed by atoms with E-state index in [2.05, 4.69) is 27.5 Å². The first-order valence-electron chi connectivity index (χ1n) is 9.96. The van der Waals surface area contributed by atoms with E-state index in [1.165, 1.54) is 36.2 Å². The van der Waals surface area contributed by atoms with Gasteiger partial charge in [-0.15, -0.1) is 0 Å².